The Bertz CT molecular complexity index is 996. The van der Waals surface area contributed by atoms with Gasteiger partial charge in [-0.3, -0.25) is 4.79 Å². The Morgan fingerprint density at radius 2 is 1.77 bits per heavy atom. The Balaban J connectivity index is 1.40. The topological polar surface area (TPSA) is 67.8 Å². The number of amides is 1. The highest BCUT2D eigenvalue weighted by molar-refractivity contribution is 7.21. The monoisotopic (exact) mass is 360 g/mol. The summed E-state index contributed by atoms with van der Waals surface area (Å²) in [5.74, 6) is -0.0263. The fourth-order valence-corrected chi connectivity index (χ4v) is 3.60. The summed E-state index contributed by atoms with van der Waals surface area (Å²) in [6.07, 6.45) is 5.96. The molecule has 6 heteroatoms. The number of carbonyl (C=O) groups is 1. The number of hydrogen-bond donors (Lipinski definition) is 1. The fourth-order valence-electron chi connectivity index (χ4n) is 2.63. The van der Waals surface area contributed by atoms with E-state index in [4.69, 9.17) is 0 Å². The van der Waals surface area contributed by atoms with Crippen LogP contribution in [0, 0.1) is 0 Å². The molecule has 26 heavy (non-hydrogen) atoms. The van der Waals surface area contributed by atoms with E-state index in [0.717, 1.165) is 27.3 Å². The molecule has 0 fully saturated rings. The van der Waals surface area contributed by atoms with Gasteiger partial charge < -0.3 is 5.32 Å². The predicted octanol–water partition coefficient (Wildman–Crippen LogP) is 4.32. The molecule has 5 nitrogen and oxygen atoms in total. The van der Waals surface area contributed by atoms with E-state index in [-0.39, 0.29) is 5.91 Å². The maximum atomic E-state index is 12.1. The Morgan fingerprint density at radius 1 is 1.00 bits per heavy atom. The number of aromatic nitrogens is 3. The van der Waals surface area contributed by atoms with Gasteiger partial charge in [0, 0.05) is 30.1 Å². The summed E-state index contributed by atoms with van der Waals surface area (Å²) in [6, 6.07) is 15.9. The van der Waals surface area contributed by atoms with Crippen LogP contribution in [0.2, 0.25) is 0 Å². The van der Waals surface area contributed by atoms with Crippen molar-refractivity contribution in [2.45, 2.75) is 12.8 Å². The zero-order chi connectivity index (χ0) is 17.8. The second kappa shape index (κ2) is 7.41. The van der Waals surface area contributed by atoms with Crippen molar-refractivity contribution in [1.29, 1.82) is 0 Å². The molecule has 2 aromatic carbocycles. The average Bonchev–Trinajstić information content (AvgIpc) is 3.12. The lowest BCUT2D eigenvalue weighted by Gasteiger charge is -2.06. The number of nitrogens with zero attached hydrogens (tertiary/aromatic N) is 3. The summed E-state index contributed by atoms with van der Waals surface area (Å²) < 4.78 is 1.17. The molecule has 4 aromatic rings. The smallest absolute Gasteiger partial charge is 0.224 e. The number of aryl methyl sites for hydroxylation is 1. The lowest BCUT2D eigenvalue weighted by molar-refractivity contribution is -0.116. The molecule has 1 amide bonds. The van der Waals surface area contributed by atoms with Gasteiger partial charge in [0.1, 0.15) is 11.3 Å². The lowest BCUT2D eigenvalue weighted by atomic mass is 10.1. The van der Waals surface area contributed by atoms with Gasteiger partial charge in [0.05, 0.1) is 10.2 Å². The minimum atomic E-state index is -0.0263. The first kappa shape index (κ1) is 16.4. The van der Waals surface area contributed by atoms with E-state index in [1.54, 1.807) is 23.7 Å². The summed E-state index contributed by atoms with van der Waals surface area (Å²) in [5.41, 5.74) is 3.79. The number of nitrogens with one attached hydrogen (secondary N) is 1. The van der Waals surface area contributed by atoms with Crippen molar-refractivity contribution in [3.8, 4) is 10.6 Å². The van der Waals surface area contributed by atoms with Gasteiger partial charge in [-0.1, -0.05) is 12.1 Å². The molecular weight excluding hydrogens is 344 g/mol. The van der Waals surface area contributed by atoms with Crippen molar-refractivity contribution in [2.24, 2.45) is 0 Å². The normalized spacial score (nSPS) is 10.8. The third kappa shape index (κ3) is 3.75. The molecule has 1 N–H and O–H groups in total. The van der Waals surface area contributed by atoms with Gasteiger partial charge in [-0.15, -0.1) is 11.3 Å². The van der Waals surface area contributed by atoms with Crippen LogP contribution in [0.25, 0.3) is 20.8 Å². The van der Waals surface area contributed by atoms with Crippen molar-refractivity contribution in [2.75, 3.05) is 5.32 Å². The molecule has 2 heterocycles. The molecule has 128 valence electrons. The standard InChI is InChI=1S/C20H16N4OS/c25-19(10-5-14-11-21-13-22-12-14)23-16-8-6-15(7-9-16)20-24-17-3-1-2-4-18(17)26-20/h1-4,6-9,11-13H,5,10H2,(H,23,25). The van der Waals surface area contributed by atoms with Crippen LogP contribution in [0.5, 0.6) is 0 Å². The van der Waals surface area contributed by atoms with E-state index in [0.29, 0.717) is 12.8 Å². The number of benzene rings is 2. The summed E-state index contributed by atoms with van der Waals surface area (Å²) in [6.45, 7) is 0. The molecule has 0 unspecified atom stereocenters. The summed E-state index contributed by atoms with van der Waals surface area (Å²) >= 11 is 1.67. The lowest BCUT2D eigenvalue weighted by Crippen LogP contribution is -2.12. The van der Waals surface area contributed by atoms with Crippen molar-refractivity contribution in [3.05, 3.63) is 72.8 Å². The third-order valence-corrected chi connectivity index (χ3v) is 5.05. The van der Waals surface area contributed by atoms with Gasteiger partial charge in [0.15, 0.2) is 0 Å². The second-order valence-corrected chi connectivity index (χ2v) is 6.89. The molecule has 0 bridgehead atoms. The van der Waals surface area contributed by atoms with Gasteiger partial charge in [-0.05, 0) is 48.4 Å². The predicted molar refractivity (Wildman–Crippen MR) is 104 cm³/mol. The summed E-state index contributed by atoms with van der Waals surface area (Å²) in [4.78, 5) is 24.7. The number of para-hydroxylation sites is 1. The highest BCUT2D eigenvalue weighted by atomic mass is 32.1. The molecule has 0 spiro atoms. The number of hydrogen-bond acceptors (Lipinski definition) is 5. The van der Waals surface area contributed by atoms with Gasteiger partial charge in [0.25, 0.3) is 0 Å². The van der Waals surface area contributed by atoms with E-state index in [1.165, 1.54) is 11.0 Å². The first-order valence-corrected chi connectivity index (χ1v) is 9.09. The van der Waals surface area contributed by atoms with Crippen LogP contribution >= 0.6 is 11.3 Å². The molecule has 2 aromatic heterocycles. The Morgan fingerprint density at radius 3 is 2.54 bits per heavy atom. The summed E-state index contributed by atoms with van der Waals surface area (Å²) in [7, 11) is 0. The molecule has 0 radical (unpaired) electrons. The maximum absolute atomic E-state index is 12.1. The number of carbonyl (C=O) groups excluding carboxylic acids is 1. The Hall–Kier alpha value is -3.12. The third-order valence-electron chi connectivity index (χ3n) is 3.96. The molecule has 0 saturated heterocycles. The zero-order valence-corrected chi connectivity index (χ0v) is 14.7. The van der Waals surface area contributed by atoms with Crippen molar-refractivity contribution in [3.63, 3.8) is 0 Å². The molecule has 0 aliphatic heterocycles. The fraction of sp³-hybridized carbons (Fsp3) is 0.100. The number of fused-ring (bicyclic) bond motifs is 1. The van der Waals surface area contributed by atoms with E-state index in [9.17, 15) is 4.79 Å². The van der Waals surface area contributed by atoms with Gasteiger partial charge in [-0.2, -0.15) is 0 Å². The summed E-state index contributed by atoms with van der Waals surface area (Å²) in [5, 5.41) is 3.90. The largest absolute Gasteiger partial charge is 0.326 e. The van der Waals surface area contributed by atoms with Crippen molar-refractivity contribution in [1.82, 2.24) is 15.0 Å². The average molecular weight is 360 g/mol. The second-order valence-electron chi connectivity index (χ2n) is 5.86. The molecule has 0 aliphatic carbocycles. The van der Waals surface area contributed by atoms with Crippen LogP contribution < -0.4 is 5.32 Å². The number of anilines is 1. The van der Waals surface area contributed by atoms with Crippen LogP contribution in [0.1, 0.15) is 12.0 Å². The number of thiazole rings is 1. The van der Waals surface area contributed by atoms with Crippen LogP contribution in [0.15, 0.2) is 67.3 Å². The van der Waals surface area contributed by atoms with Crippen molar-refractivity contribution < 1.29 is 4.79 Å². The zero-order valence-electron chi connectivity index (χ0n) is 13.9. The molecule has 0 atom stereocenters. The maximum Gasteiger partial charge on any atom is 0.224 e. The Labute approximate surface area is 154 Å². The molecule has 0 saturated carbocycles. The highest BCUT2D eigenvalue weighted by Gasteiger charge is 2.07. The minimum absolute atomic E-state index is 0.0263. The van der Waals surface area contributed by atoms with Gasteiger partial charge in [0.2, 0.25) is 5.91 Å². The molecular formula is C20H16N4OS. The first-order valence-electron chi connectivity index (χ1n) is 8.28. The van der Waals surface area contributed by atoms with Crippen molar-refractivity contribution >= 4 is 33.1 Å². The van der Waals surface area contributed by atoms with Crippen LogP contribution in [0.4, 0.5) is 5.69 Å². The van der Waals surface area contributed by atoms with Gasteiger partial charge >= 0.3 is 0 Å². The van der Waals surface area contributed by atoms with Crippen LogP contribution in [0.3, 0.4) is 0 Å². The van der Waals surface area contributed by atoms with E-state index in [1.807, 2.05) is 42.5 Å². The van der Waals surface area contributed by atoms with Gasteiger partial charge in [-0.25, -0.2) is 15.0 Å². The van der Waals surface area contributed by atoms with E-state index in [2.05, 4.69) is 26.3 Å². The van der Waals surface area contributed by atoms with E-state index >= 15 is 0 Å². The minimum Gasteiger partial charge on any atom is -0.326 e. The van der Waals surface area contributed by atoms with Crippen LogP contribution in [-0.4, -0.2) is 20.9 Å². The van der Waals surface area contributed by atoms with E-state index < -0.39 is 0 Å². The quantitative estimate of drug-likeness (QED) is 0.575. The number of rotatable bonds is 5. The first-order chi connectivity index (χ1) is 12.8. The SMILES string of the molecule is O=C(CCc1cncnc1)Nc1ccc(-c2nc3ccccc3s2)cc1. The highest BCUT2D eigenvalue weighted by Crippen LogP contribution is 2.30. The molecule has 0 aliphatic rings. The Kier molecular flexibility index (Phi) is 4.66. The van der Waals surface area contributed by atoms with Crippen LogP contribution in [-0.2, 0) is 11.2 Å². The molecule has 4 rings (SSSR count).